The number of benzene rings is 1. The Balaban J connectivity index is 2.41. The number of aryl methyl sites for hydroxylation is 2. The van der Waals surface area contributed by atoms with Crippen LogP contribution < -0.4 is 15.2 Å². The van der Waals surface area contributed by atoms with Crippen LogP contribution in [0.4, 0.5) is 5.82 Å². The van der Waals surface area contributed by atoms with E-state index >= 15 is 0 Å². The fourth-order valence-corrected chi connectivity index (χ4v) is 1.69. The molecule has 0 saturated carbocycles. The number of aromatic nitrogens is 2. The number of nitrogens with zero attached hydrogens (tertiary/aromatic N) is 2. The largest absolute Gasteiger partial charge is 0.493 e. The third kappa shape index (κ3) is 2.76. The third-order valence-electron chi connectivity index (χ3n) is 2.78. The first-order chi connectivity index (χ1) is 9.01. The maximum Gasteiger partial charge on any atom is 0.227 e. The molecule has 1 aromatic carbocycles. The Morgan fingerprint density at radius 1 is 1.05 bits per heavy atom. The molecule has 1 aromatic heterocycles. The predicted octanol–water partition coefficient (Wildman–Crippen LogP) is 2.78. The summed E-state index contributed by atoms with van der Waals surface area (Å²) in [5.41, 5.74) is 7.62. The van der Waals surface area contributed by atoms with Crippen LogP contribution in [0.5, 0.6) is 17.4 Å². The minimum absolute atomic E-state index is 0.425. The zero-order valence-corrected chi connectivity index (χ0v) is 11.5. The zero-order valence-electron chi connectivity index (χ0n) is 11.5. The molecule has 0 atom stereocenters. The minimum atomic E-state index is 0.425. The highest BCUT2D eigenvalue weighted by molar-refractivity contribution is 5.49. The van der Waals surface area contributed by atoms with E-state index < -0.39 is 0 Å². The Morgan fingerprint density at radius 3 is 2.47 bits per heavy atom. The van der Waals surface area contributed by atoms with Gasteiger partial charge < -0.3 is 15.2 Å². The van der Waals surface area contributed by atoms with E-state index in [4.69, 9.17) is 15.2 Å². The van der Waals surface area contributed by atoms with Crippen molar-refractivity contribution in [3.8, 4) is 17.4 Å². The maximum absolute atomic E-state index is 5.81. The molecule has 5 heteroatoms. The highest BCUT2D eigenvalue weighted by Gasteiger charge is 2.12. The highest BCUT2D eigenvalue weighted by atomic mass is 16.5. The van der Waals surface area contributed by atoms with E-state index in [-0.39, 0.29) is 0 Å². The van der Waals surface area contributed by atoms with Crippen molar-refractivity contribution in [2.24, 2.45) is 0 Å². The van der Waals surface area contributed by atoms with Crippen LogP contribution >= 0.6 is 0 Å². The van der Waals surface area contributed by atoms with Gasteiger partial charge >= 0.3 is 0 Å². The quantitative estimate of drug-likeness (QED) is 0.917. The molecule has 0 aliphatic heterocycles. The molecule has 2 rings (SSSR count). The summed E-state index contributed by atoms with van der Waals surface area (Å²) in [5.74, 6) is 2.72. The molecule has 0 aliphatic rings. The molecule has 19 heavy (non-hydrogen) atoms. The fraction of sp³-hybridized carbons (Fsp3) is 0.286. The van der Waals surface area contributed by atoms with Crippen LogP contribution in [0.25, 0.3) is 0 Å². The third-order valence-corrected chi connectivity index (χ3v) is 2.78. The number of methoxy groups -OCH3 is 1. The number of hydrogen-bond acceptors (Lipinski definition) is 5. The number of ether oxygens (including phenoxy) is 2. The average molecular weight is 259 g/mol. The van der Waals surface area contributed by atoms with E-state index in [1.54, 1.807) is 14.0 Å². The van der Waals surface area contributed by atoms with Gasteiger partial charge in [-0.3, -0.25) is 0 Å². The van der Waals surface area contributed by atoms with Crippen molar-refractivity contribution in [1.29, 1.82) is 0 Å². The molecule has 0 aliphatic carbocycles. The van der Waals surface area contributed by atoms with Crippen LogP contribution in [0.15, 0.2) is 18.2 Å². The Bertz CT molecular complexity index is 612. The summed E-state index contributed by atoms with van der Waals surface area (Å²) in [4.78, 5) is 8.35. The van der Waals surface area contributed by atoms with Crippen LogP contribution in [0.2, 0.25) is 0 Å². The van der Waals surface area contributed by atoms with Crippen molar-refractivity contribution in [1.82, 2.24) is 9.97 Å². The van der Waals surface area contributed by atoms with Gasteiger partial charge in [-0.2, -0.15) is 4.98 Å². The zero-order chi connectivity index (χ0) is 14.0. The van der Waals surface area contributed by atoms with Crippen molar-refractivity contribution in [3.63, 3.8) is 0 Å². The molecule has 0 radical (unpaired) electrons. The molecule has 0 amide bonds. The van der Waals surface area contributed by atoms with Gasteiger partial charge in [0.2, 0.25) is 5.88 Å². The number of nitrogens with two attached hydrogens (primary N) is 1. The summed E-state index contributed by atoms with van der Waals surface area (Å²) >= 11 is 0. The van der Waals surface area contributed by atoms with Crippen molar-refractivity contribution in [2.45, 2.75) is 20.8 Å². The summed E-state index contributed by atoms with van der Waals surface area (Å²) in [7, 11) is 1.61. The van der Waals surface area contributed by atoms with E-state index in [1.807, 2.05) is 32.0 Å². The van der Waals surface area contributed by atoms with Gasteiger partial charge in [0, 0.05) is 0 Å². The summed E-state index contributed by atoms with van der Waals surface area (Å²) < 4.78 is 11.1. The van der Waals surface area contributed by atoms with Gasteiger partial charge in [0.05, 0.1) is 12.7 Å². The van der Waals surface area contributed by atoms with E-state index in [1.165, 1.54) is 0 Å². The fourth-order valence-electron chi connectivity index (χ4n) is 1.69. The van der Waals surface area contributed by atoms with E-state index in [0.29, 0.717) is 34.6 Å². The first kappa shape index (κ1) is 13.1. The number of rotatable bonds is 3. The van der Waals surface area contributed by atoms with Gasteiger partial charge in [-0.25, -0.2) is 4.98 Å². The molecule has 2 N–H and O–H groups in total. The lowest BCUT2D eigenvalue weighted by atomic mass is 10.2. The van der Waals surface area contributed by atoms with Gasteiger partial charge in [0.25, 0.3) is 0 Å². The van der Waals surface area contributed by atoms with Gasteiger partial charge in [0.15, 0.2) is 11.5 Å². The molecular weight excluding hydrogens is 242 g/mol. The summed E-state index contributed by atoms with van der Waals surface area (Å²) in [6, 6.07) is 5.70. The standard InChI is InChI=1S/C14H17N3O2/c1-8-5-6-11(12(7-8)18-4)19-14-9(2)13(15)16-10(3)17-14/h5-7H,1-4H3,(H2,15,16,17). The maximum atomic E-state index is 5.81. The van der Waals surface area contributed by atoms with E-state index in [0.717, 1.165) is 5.56 Å². The van der Waals surface area contributed by atoms with Crippen molar-refractivity contribution in [3.05, 3.63) is 35.2 Å². The monoisotopic (exact) mass is 259 g/mol. The van der Waals surface area contributed by atoms with Gasteiger partial charge in [-0.1, -0.05) is 6.07 Å². The lowest BCUT2D eigenvalue weighted by molar-refractivity contribution is 0.372. The predicted molar refractivity (Wildman–Crippen MR) is 73.7 cm³/mol. The molecule has 1 heterocycles. The van der Waals surface area contributed by atoms with E-state index in [9.17, 15) is 0 Å². The van der Waals surface area contributed by atoms with Gasteiger partial charge in [-0.05, 0) is 38.5 Å². The molecule has 5 nitrogen and oxygen atoms in total. The lowest BCUT2D eigenvalue weighted by Crippen LogP contribution is -2.03. The second-order valence-corrected chi connectivity index (χ2v) is 4.34. The summed E-state index contributed by atoms with van der Waals surface area (Å²) in [5, 5.41) is 0. The Morgan fingerprint density at radius 2 is 1.79 bits per heavy atom. The lowest BCUT2D eigenvalue weighted by Gasteiger charge is -2.13. The smallest absolute Gasteiger partial charge is 0.227 e. The molecule has 100 valence electrons. The Kier molecular flexibility index (Phi) is 3.55. The molecule has 0 fully saturated rings. The molecule has 0 saturated heterocycles. The summed E-state index contributed by atoms with van der Waals surface area (Å²) in [6.07, 6.45) is 0. The Hall–Kier alpha value is -2.30. The van der Waals surface area contributed by atoms with Crippen LogP contribution in [-0.2, 0) is 0 Å². The summed E-state index contributed by atoms with van der Waals surface area (Å²) in [6.45, 7) is 5.59. The molecular formula is C14H17N3O2. The normalized spacial score (nSPS) is 10.3. The first-order valence-corrected chi connectivity index (χ1v) is 5.94. The van der Waals surface area contributed by atoms with Crippen LogP contribution in [0.1, 0.15) is 17.0 Å². The van der Waals surface area contributed by atoms with Crippen LogP contribution in [0.3, 0.4) is 0 Å². The van der Waals surface area contributed by atoms with Crippen LogP contribution in [-0.4, -0.2) is 17.1 Å². The topological polar surface area (TPSA) is 70.3 Å². The second-order valence-electron chi connectivity index (χ2n) is 4.34. The second kappa shape index (κ2) is 5.14. The van der Waals surface area contributed by atoms with Gasteiger partial charge in [-0.15, -0.1) is 0 Å². The van der Waals surface area contributed by atoms with Crippen LogP contribution in [0, 0.1) is 20.8 Å². The molecule has 0 spiro atoms. The molecule has 0 unspecified atom stereocenters. The first-order valence-electron chi connectivity index (χ1n) is 5.94. The average Bonchev–Trinajstić information content (AvgIpc) is 2.37. The molecule has 2 aromatic rings. The SMILES string of the molecule is COc1cc(C)ccc1Oc1nc(C)nc(N)c1C. The minimum Gasteiger partial charge on any atom is -0.493 e. The number of hydrogen-bond donors (Lipinski definition) is 1. The Labute approximate surface area is 112 Å². The van der Waals surface area contributed by atoms with E-state index in [2.05, 4.69) is 9.97 Å². The molecule has 0 bridgehead atoms. The highest BCUT2D eigenvalue weighted by Crippen LogP contribution is 2.33. The number of anilines is 1. The van der Waals surface area contributed by atoms with Crippen molar-refractivity contribution < 1.29 is 9.47 Å². The number of nitrogen functional groups attached to an aromatic ring is 1. The van der Waals surface area contributed by atoms with Crippen molar-refractivity contribution >= 4 is 5.82 Å². The van der Waals surface area contributed by atoms with Crippen molar-refractivity contribution in [2.75, 3.05) is 12.8 Å². The van der Waals surface area contributed by atoms with Gasteiger partial charge in [0.1, 0.15) is 11.6 Å².